The minimum atomic E-state index is -0.542. The van der Waals surface area contributed by atoms with Crippen LogP contribution >= 0.6 is 0 Å². The molecule has 9 nitrogen and oxygen atoms in total. The largest absolute Gasteiger partial charge is 0.444 e. The molecule has 3 heterocycles. The minimum Gasteiger partial charge on any atom is -0.444 e. The molecule has 0 radical (unpaired) electrons. The van der Waals surface area contributed by atoms with Crippen LogP contribution in [0.25, 0.3) is 17.2 Å². The van der Waals surface area contributed by atoms with Crippen LogP contribution in [0.5, 0.6) is 0 Å². The van der Waals surface area contributed by atoms with Crippen molar-refractivity contribution in [2.24, 2.45) is 0 Å². The highest BCUT2D eigenvalue weighted by atomic mass is 16.6. The fraction of sp³-hybridized carbons (Fsp3) is 0.400. The van der Waals surface area contributed by atoms with Crippen LogP contribution in [0.3, 0.4) is 0 Å². The number of nitrogens with zero attached hydrogens (tertiary/aromatic N) is 5. The average Bonchev–Trinajstić information content (AvgIpc) is 3.09. The molecule has 0 saturated heterocycles. The van der Waals surface area contributed by atoms with E-state index in [0.29, 0.717) is 30.5 Å². The number of anilines is 1. The van der Waals surface area contributed by atoms with Gasteiger partial charge in [-0.15, -0.1) is 0 Å². The molecule has 3 aromatic rings. The van der Waals surface area contributed by atoms with Crippen molar-refractivity contribution in [3.63, 3.8) is 0 Å². The zero-order chi connectivity index (χ0) is 24.6. The Bertz CT molecular complexity index is 1260. The van der Waals surface area contributed by atoms with E-state index in [9.17, 15) is 9.59 Å². The van der Waals surface area contributed by atoms with E-state index in [0.717, 1.165) is 28.9 Å². The SMILES string of the molecule is CC(=O)Nc1cc(-c2ccc3c(c2)CN(C(=O)OC(C)(C)C)CC3)nc(-n2nc(C)cc2C)n1. The third-order valence-electron chi connectivity index (χ3n) is 5.38. The molecule has 2 aromatic heterocycles. The summed E-state index contributed by atoms with van der Waals surface area (Å²) in [7, 11) is 0. The number of aromatic nitrogens is 4. The molecule has 0 bridgehead atoms. The Balaban J connectivity index is 1.70. The standard InChI is InChI=1S/C25H30N6O3/c1-15-11-16(2)31(29-15)23-27-21(13-22(28-23)26-17(3)32)19-8-7-18-9-10-30(14-20(18)12-19)24(33)34-25(4,5)6/h7-8,11-13H,9-10,14H2,1-6H3,(H,26,27,28,32). The normalized spacial score (nSPS) is 13.4. The lowest BCUT2D eigenvalue weighted by Gasteiger charge is -2.31. The molecule has 0 aliphatic carbocycles. The van der Waals surface area contributed by atoms with Gasteiger partial charge in [-0.25, -0.2) is 14.5 Å². The van der Waals surface area contributed by atoms with Crippen LogP contribution in [-0.2, 0) is 22.5 Å². The van der Waals surface area contributed by atoms with Gasteiger partial charge in [0.1, 0.15) is 11.4 Å². The number of ether oxygens (including phenoxy) is 1. The Labute approximate surface area is 199 Å². The second-order valence-electron chi connectivity index (χ2n) is 9.59. The number of amides is 2. The molecule has 0 spiro atoms. The number of carbonyl (C=O) groups excluding carboxylic acids is 2. The van der Waals surface area contributed by atoms with Gasteiger partial charge >= 0.3 is 6.09 Å². The van der Waals surface area contributed by atoms with E-state index in [2.05, 4.69) is 21.5 Å². The van der Waals surface area contributed by atoms with Crippen molar-refractivity contribution in [2.45, 2.75) is 60.1 Å². The lowest BCUT2D eigenvalue weighted by Crippen LogP contribution is -2.39. The molecule has 1 N–H and O–H groups in total. The summed E-state index contributed by atoms with van der Waals surface area (Å²) in [6, 6.07) is 9.80. The maximum absolute atomic E-state index is 12.6. The molecule has 0 unspecified atom stereocenters. The molecular formula is C25H30N6O3. The monoisotopic (exact) mass is 462 g/mol. The molecule has 4 rings (SSSR count). The molecule has 2 amide bonds. The summed E-state index contributed by atoms with van der Waals surface area (Å²) in [5, 5.41) is 7.24. The molecule has 0 fully saturated rings. The summed E-state index contributed by atoms with van der Waals surface area (Å²) in [5.41, 5.74) is 4.95. The summed E-state index contributed by atoms with van der Waals surface area (Å²) in [4.78, 5) is 35.3. The quantitative estimate of drug-likeness (QED) is 0.626. The van der Waals surface area contributed by atoms with Crippen molar-refractivity contribution >= 4 is 17.8 Å². The van der Waals surface area contributed by atoms with Gasteiger partial charge in [-0.2, -0.15) is 10.1 Å². The number of aryl methyl sites for hydroxylation is 2. The zero-order valence-electron chi connectivity index (χ0n) is 20.5. The average molecular weight is 463 g/mol. The molecule has 9 heteroatoms. The fourth-order valence-corrected chi connectivity index (χ4v) is 3.95. The third kappa shape index (κ3) is 5.24. The lowest BCUT2D eigenvalue weighted by atomic mass is 9.96. The maximum Gasteiger partial charge on any atom is 0.410 e. The maximum atomic E-state index is 12.6. The van der Waals surface area contributed by atoms with Crippen LogP contribution in [0.1, 0.15) is 50.2 Å². The summed E-state index contributed by atoms with van der Waals surface area (Å²) in [5.74, 6) is 0.551. The molecule has 34 heavy (non-hydrogen) atoms. The first-order chi connectivity index (χ1) is 16.0. The topological polar surface area (TPSA) is 102 Å². The van der Waals surface area contributed by atoms with Gasteiger partial charge < -0.3 is 15.0 Å². The highest BCUT2D eigenvalue weighted by Gasteiger charge is 2.26. The van der Waals surface area contributed by atoms with Gasteiger partial charge in [0.25, 0.3) is 5.95 Å². The second-order valence-corrected chi connectivity index (χ2v) is 9.59. The van der Waals surface area contributed by atoms with E-state index in [1.54, 1.807) is 15.6 Å². The van der Waals surface area contributed by atoms with Gasteiger partial charge in [-0.3, -0.25) is 4.79 Å². The lowest BCUT2D eigenvalue weighted by molar-refractivity contribution is -0.114. The van der Waals surface area contributed by atoms with Crippen LogP contribution in [0.15, 0.2) is 30.3 Å². The van der Waals surface area contributed by atoms with E-state index in [-0.39, 0.29) is 12.0 Å². The van der Waals surface area contributed by atoms with Gasteiger partial charge in [0.05, 0.1) is 11.4 Å². The first kappa shape index (κ1) is 23.4. The highest BCUT2D eigenvalue weighted by molar-refractivity contribution is 5.88. The van der Waals surface area contributed by atoms with Crippen LogP contribution in [0, 0.1) is 13.8 Å². The predicted molar refractivity (Wildman–Crippen MR) is 129 cm³/mol. The first-order valence-electron chi connectivity index (χ1n) is 11.3. The Kier molecular flexibility index (Phi) is 6.12. The molecule has 0 atom stereocenters. The molecule has 1 aliphatic heterocycles. The van der Waals surface area contributed by atoms with Crippen LogP contribution in [0.4, 0.5) is 10.6 Å². The number of nitrogens with one attached hydrogen (secondary N) is 1. The van der Waals surface area contributed by atoms with Gasteiger partial charge in [0.15, 0.2) is 0 Å². The van der Waals surface area contributed by atoms with Gasteiger partial charge in [-0.1, -0.05) is 12.1 Å². The number of hydrogen-bond acceptors (Lipinski definition) is 6. The van der Waals surface area contributed by atoms with Crippen LogP contribution < -0.4 is 5.32 Å². The Hall–Kier alpha value is -3.75. The Morgan fingerprint density at radius 1 is 1.06 bits per heavy atom. The van der Waals surface area contributed by atoms with E-state index in [4.69, 9.17) is 9.72 Å². The van der Waals surface area contributed by atoms with Gasteiger partial charge in [0.2, 0.25) is 5.91 Å². The third-order valence-corrected chi connectivity index (χ3v) is 5.38. The van der Waals surface area contributed by atoms with Crippen molar-refractivity contribution in [3.8, 4) is 17.2 Å². The van der Waals surface area contributed by atoms with E-state index in [1.807, 2.05) is 52.8 Å². The van der Waals surface area contributed by atoms with Crippen molar-refractivity contribution in [1.29, 1.82) is 0 Å². The summed E-state index contributed by atoms with van der Waals surface area (Å²) >= 11 is 0. The smallest absolute Gasteiger partial charge is 0.410 e. The fourth-order valence-electron chi connectivity index (χ4n) is 3.95. The molecule has 1 aliphatic rings. The number of benzene rings is 1. The highest BCUT2D eigenvalue weighted by Crippen LogP contribution is 2.28. The zero-order valence-corrected chi connectivity index (χ0v) is 20.5. The summed E-state index contributed by atoms with van der Waals surface area (Å²) in [6.07, 6.45) is 0.442. The van der Waals surface area contributed by atoms with Gasteiger partial charge in [-0.05, 0) is 64.3 Å². The van der Waals surface area contributed by atoms with Crippen LogP contribution in [0.2, 0.25) is 0 Å². The van der Waals surface area contributed by atoms with Crippen molar-refractivity contribution < 1.29 is 14.3 Å². The van der Waals surface area contributed by atoms with Crippen LogP contribution in [-0.4, -0.2) is 48.8 Å². The van der Waals surface area contributed by atoms with E-state index >= 15 is 0 Å². The second kappa shape index (κ2) is 8.89. The predicted octanol–water partition coefficient (Wildman–Crippen LogP) is 4.20. The Morgan fingerprint density at radius 3 is 2.47 bits per heavy atom. The molecule has 0 saturated carbocycles. The van der Waals surface area contributed by atoms with Crippen molar-refractivity contribution in [3.05, 3.63) is 52.8 Å². The van der Waals surface area contributed by atoms with Crippen molar-refractivity contribution in [1.82, 2.24) is 24.6 Å². The van der Waals surface area contributed by atoms with E-state index in [1.165, 1.54) is 12.5 Å². The summed E-state index contributed by atoms with van der Waals surface area (Å²) < 4.78 is 7.21. The van der Waals surface area contributed by atoms with Crippen molar-refractivity contribution in [2.75, 3.05) is 11.9 Å². The number of hydrogen-bond donors (Lipinski definition) is 1. The molecule has 1 aromatic carbocycles. The van der Waals surface area contributed by atoms with E-state index < -0.39 is 5.60 Å². The van der Waals surface area contributed by atoms with Gasteiger partial charge in [0, 0.05) is 37.3 Å². The molecule has 178 valence electrons. The number of fused-ring (bicyclic) bond motifs is 1. The Morgan fingerprint density at radius 2 is 1.82 bits per heavy atom. The number of rotatable bonds is 3. The summed E-state index contributed by atoms with van der Waals surface area (Å²) in [6.45, 7) is 11.9. The number of carbonyl (C=O) groups is 2. The minimum absolute atomic E-state index is 0.220. The first-order valence-corrected chi connectivity index (χ1v) is 11.3. The molecular weight excluding hydrogens is 432 g/mol.